The summed E-state index contributed by atoms with van der Waals surface area (Å²) in [4.78, 5) is 0. The summed E-state index contributed by atoms with van der Waals surface area (Å²) in [6, 6.07) is 0. The molecule has 2 N–H and O–H groups in total. The molecule has 74 valence electrons. The number of allylic oxidation sites excluding steroid dienone is 3. The molecule has 0 aromatic carbocycles. The molecule has 13 heavy (non-hydrogen) atoms. The lowest BCUT2D eigenvalue weighted by molar-refractivity contribution is 0.955. The van der Waals surface area contributed by atoms with Gasteiger partial charge in [0.25, 0.3) is 0 Å². The third kappa shape index (κ3) is 4.09. The van der Waals surface area contributed by atoms with E-state index >= 15 is 0 Å². The van der Waals surface area contributed by atoms with Gasteiger partial charge in [0.1, 0.15) is 0 Å². The van der Waals surface area contributed by atoms with Gasteiger partial charge in [-0.3, -0.25) is 0 Å². The van der Waals surface area contributed by atoms with Crippen LogP contribution in [-0.2, 0) is 0 Å². The van der Waals surface area contributed by atoms with Gasteiger partial charge in [0.2, 0.25) is 0 Å². The fourth-order valence-electron chi connectivity index (χ4n) is 1.39. The highest BCUT2D eigenvalue weighted by Crippen LogP contribution is 2.14. The van der Waals surface area contributed by atoms with Crippen molar-refractivity contribution >= 4 is 0 Å². The van der Waals surface area contributed by atoms with Crippen LogP contribution in [0.4, 0.5) is 0 Å². The van der Waals surface area contributed by atoms with Crippen LogP contribution < -0.4 is 5.73 Å². The van der Waals surface area contributed by atoms with E-state index < -0.39 is 0 Å². The van der Waals surface area contributed by atoms with Gasteiger partial charge >= 0.3 is 0 Å². The first-order valence-electron chi connectivity index (χ1n) is 4.91. The van der Waals surface area contributed by atoms with Crippen LogP contribution in [0.2, 0.25) is 0 Å². The van der Waals surface area contributed by atoms with Crippen molar-refractivity contribution in [1.82, 2.24) is 0 Å². The second-order valence-electron chi connectivity index (χ2n) is 3.12. The average molecular weight is 179 g/mol. The monoisotopic (exact) mass is 179 g/mol. The molecular formula is C12H21N. The molecule has 0 radical (unpaired) electrons. The lowest BCUT2D eigenvalue weighted by Gasteiger charge is -2.05. The van der Waals surface area contributed by atoms with Crippen molar-refractivity contribution in [2.75, 3.05) is 6.54 Å². The van der Waals surface area contributed by atoms with E-state index in [0.29, 0.717) is 6.54 Å². The third-order valence-corrected chi connectivity index (χ3v) is 2.31. The van der Waals surface area contributed by atoms with Crippen LogP contribution >= 0.6 is 0 Å². The zero-order valence-electron chi connectivity index (χ0n) is 9.06. The van der Waals surface area contributed by atoms with Gasteiger partial charge in [-0.15, -0.1) is 0 Å². The summed E-state index contributed by atoms with van der Waals surface area (Å²) in [7, 11) is 0. The fraction of sp³-hybridized carbons (Fsp3) is 0.500. The molecule has 0 aromatic heterocycles. The normalized spacial score (nSPS) is 11.2. The molecule has 0 atom stereocenters. The minimum atomic E-state index is 0.571. The lowest BCUT2D eigenvalue weighted by Crippen LogP contribution is -2.01. The third-order valence-electron chi connectivity index (χ3n) is 2.31. The lowest BCUT2D eigenvalue weighted by atomic mass is 10.0. The molecular weight excluding hydrogens is 158 g/mol. The molecule has 0 aliphatic rings. The Bertz CT molecular complexity index is 215. The zero-order valence-corrected chi connectivity index (χ0v) is 9.06. The Kier molecular flexibility index (Phi) is 6.25. The Hall–Kier alpha value is -0.820. The standard InChI is InChI=1S/C12H21N/c1-5-11(9-13)8-10(4)12(6-2)7-3/h5,8H,1,6-7,9,13H2,2-4H3/b11-8+. The first-order chi connectivity index (χ1) is 6.19. The molecule has 0 amide bonds. The average Bonchev–Trinajstić information content (AvgIpc) is 2.16. The minimum absolute atomic E-state index is 0.571. The number of rotatable bonds is 5. The van der Waals surface area contributed by atoms with Crippen molar-refractivity contribution in [3.63, 3.8) is 0 Å². The molecule has 0 aliphatic carbocycles. The molecule has 0 fully saturated rings. The SMILES string of the molecule is C=C/C(=C\C(C)=C(CC)CC)CN. The first kappa shape index (κ1) is 12.2. The van der Waals surface area contributed by atoms with E-state index in [-0.39, 0.29) is 0 Å². The summed E-state index contributed by atoms with van der Waals surface area (Å²) in [6.45, 7) is 10.8. The smallest absolute Gasteiger partial charge is 0.0177 e. The van der Waals surface area contributed by atoms with Gasteiger partial charge < -0.3 is 5.73 Å². The van der Waals surface area contributed by atoms with E-state index in [0.717, 1.165) is 18.4 Å². The molecule has 0 aliphatic heterocycles. The van der Waals surface area contributed by atoms with Crippen molar-refractivity contribution in [3.05, 3.63) is 35.5 Å². The van der Waals surface area contributed by atoms with Gasteiger partial charge in [-0.2, -0.15) is 0 Å². The topological polar surface area (TPSA) is 26.0 Å². The van der Waals surface area contributed by atoms with Crippen molar-refractivity contribution in [1.29, 1.82) is 0 Å². The number of nitrogens with two attached hydrogens (primary N) is 1. The quantitative estimate of drug-likeness (QED) is 0.644. The molecule has 0 saturated carbocycles. The van der Waals surface area contributed by atoms with Crippen molar-refractivity contribution < 1.29 is 0 Å². The maximum absolute atomic E-state index is 5.55. The van der Waals surface area contributed by atoms with Crippen LogP contribution in [0.5, 0.6) is 0 Å². The van der Waals surface area contributed by atoms with Gasteiger partial charge in [-0.05, 0) is 25.3 Å². The van der Waals surface area contributed by atoms with Crippen LogP contribution in [-0.4, -0.2) is 6.54 Å². The molecule has 1 nitrogen and oxygen atoms in total. The van der Waals surface area contributed by atoms with Gasteiger partial charge in [-0.1, -0.05) is 43.7 Å². The number of hydrogen-bond donors (Lipinski definition) is 1. The Balaban J connectivity index is 4.74. The highest BCUT2D eigenvalue weighted by molar-refractivity contribution is 5.32. The molecule has 0 unspecified atom stereocenters. The molecule has 0 heterocycles. The predicted octanol–water partition coefficient (Wildman–Crippen LogP) is 3.19. The molecule has 0 bridgehead atoms. The van der Waals surface area contributed by atoms with E-state index in [2.05, 4.69) is 33.4 Å². The molecule has 1 heteroatoms. The largest absolute Gasteiger partial charge is 0.326 e. The summed E-state index contributed by atoms with van der Waals surface area (Å²) in [5.74, 6) is 0. The van der Waals surface area contributed by atoms with E-state index in [1.165, 1.54) is 11.1 Å². The second-order valence-corrected chi connectivity index (χ2v) is 3.12. The Morgan fingerprint density at radius 2 is 1.85 bits per heavy atom. The Morgan fingerprint density at radius 3 is 2.15 bits per heavy atom. The van der Waals surface area contributed by atoms with Crippen LogP contribution in [0.15, 0.2) is 35.5 Å². The molecule has 0 spiro atoms. The van der Waals surface area contributed by atoms with Gasteiger partial charge in [0, 0.05) is 6.54 Å². The first-order valence-corrected chi connectivity index (χ1v) is 4.91. The predicted molar refractivity (Wildman–Crippen MR) is 60.6 cm³/mol. The fourth-order valence-corrected chi connectivity index (χ4v) is 1.39. The van der Waals surface area contributed by atoms with E-state index in [4.69, 9.17) is 5.73 Å². The van der Waals surface area contributed by atoms with E-state index in [1.807, 2.05) is 6.08 Å². The van der Waals surface area contributed by atoms with Crippen molar-refractivity contribution in [3.8, 4) is 0 Å². The van der Waals surface area contributed by atoms with Crippen LogP contribution in [0.25, 0.3) is 0 Å². The number of hydrogen-bond acceptors (Lipinski definition) is 1. The molecule has 0 rings (SSSR count). The zero-order chi connectivity index (χ0) is 10.3. The molecule has 0 aromatic rings. The van der Waals surface area contributed by atoms with E-state index in [1.54, 1.807) is 0 Å². The van der Waals surface area contributed by atoms with Gasteiger partial charge in [-0.25, -0.2) is 0 Å². The second kappa shape index (κ2) is 6.67. The highest BCUT2D eigenvalue weighted by atomic mass is 14.5. The van der Waals surface area contributed by atoms with Gasteiger partial charge in [0.05, 0.1) is 0 Å². The van der Waals surface area contributed by atoms with Crippen molar-refractivity contribution in [2.45, 2.75) is 33.6 Å². The van der Waals surface area contributed by atoms with Crippen molar-refractivity contribution in [2.24, 2.45) is 5.73 Å². The van der Waals surface area contributed by atoms with Crippen LogP contribution in [0.3, 0.4) is 0 Å². The Morgan fingerprint density at radius 1 is 1.31 bits per heavy atom. The van der Waals surface area contributed by atoms with Crippen LogP contribution in [0.1, 0.15) is 33.6 Å². The maximum Gasteiger partial charge on any atom is 0.0177 e. The maximum atomic E-state index is 5.55. The summed E-state index contributed by atoms with van der Waals surface area (Å²) >= 11 is 0. The summed E-state index contributed by atoms with van der Waals surface area (Å²) in [5.41, 5.74) is 9.49. The van der Waals surface area contributed by atoms with Gasteiger partial charge in [0.15, 0.2) is 0 Å². The highest BCUT2D eigenvalue weighted by Gasteiger charge is 1.96. The van der Waals surface area contributed by atoms with Crippen LogP contribution in [0, 0.1) is 0 Å². The molecule has 0 saturated heterocycles. The van der Waals surface area contributed by atoms with E-state index in [9.17, 15) is 0 Å². The minimum Gasteiger partial charge on any atom is -0.326 e. The summed E-state index contributed by atoms with van der Waals surface area (Å²) < 4.78 is 0. The Labute approximate surface area is 82.0 Å². The summed E-state index contributed by atoms with van der Waals surface area (Å²) in [6.07, 6.45) is 6.20. The summed E-state index contributed by atoms with van der Waals surface area (Å²) in [5, 5.41) is 0.